The normalized spacial score (nSPS) is 21.5. The van der Waals surface area contributed by atoms with Gasteiger partial charge < -0.3 is 9.15 Å². The Morgan fingerprint density at radius 2 is 1.79 bits per heavy atom. The van der Waals surface area contributed by atoms with Crippen molar-refractivity contribution in [2.75, 3.05) is 6.54 Å². The zero-order valence-electron chi connectivity index (χ0n) is 16.3. The highest BCUT2D eigenvalue weighted by Gasteiger charge is 2.48. The average molecular weight is 397 g/mol. The number of amides is 2. The summed E-state index contributed by atoms with van der Waals surface area (Å²) in [4.78, 5) is 50.2. The number of esters is 1. The van der Waals surface area contributed by atoms with Crippen LogP contribution in [0, 0.1) is 11.8 Å². The molecule has 2 fully saturated rings. The van der Waals surface area contributed by atoms with E-state index in [0.717, 1.165) is 29.7 Å². The van der Waals surface area contributed by atoms with E-state index in [1.807, 2.05) is 19.1 Å². The van der Waals surface area contributed by atoms with Crippen LogP contribution in [-0.4, -0.2) is 29.2 Å². The summed E-state index contributed by atoms with van der Waals surface area (Å²) in [7, 11) is 0. The van der Waals surface area contributed by atoms with Crippen LogP contribution < -0.4 is 5.63 Å². The number of nitrogens with zero attached hydrogens (tertiary/aromatic N) is 1. The molecule has 0 spiro atoms. The maximum atomic E-state index is 12.5. The van der Waals surface area contributed by atoms with E-state index in [-0.39, 0.29) is 36.8 Å². The molecule has 1 aliphatic heterocycles. The van der Waals surface area contributed by atoms with Gasteiger partial charge in [0.05, 0.1) is 11.8 Å². The highest BCUT2D eigenvalue weighted by molar-refractivity contribution is 6.07. The molecule has 1 saturated carbocycles. The Morgan fingerprint density at radius 1 is 1.10 bits per heavy atom. The second-order valence-corrected chi connectivity index (χ2v) is 7.70. The molecule has 2 aromatic rings. The van der Waals surface area contributed by atoms with Crippen LogP contribution in [0.2, 0.25) is 0 Å². The molecule has 2 atom stereocenters. The molecule has 2 heterocycles. The first-order valence-electron chi connectivity index (χ1n) is 10.0. The molecule has 2 amide bonds. The molecule has 152 valence electrons. The SMILES string of the molecule is CCc1ccc2c(COC(=O)CN3C(=O)[C@H]4CCCC[C@H]4C3=O)cc(=O)oc2c1. The van der Waals surface area contributed by atoms with Gasteiger partial charge in [-0.25, -0.2) is 4.79 Å². The lowest BCUT2D eigenvalue weighted by molar-refractivity contribution is -0.153. The maximum Gasteiger partial charge on any atom is 0.336 e. The number of rotatable bonds is 5. The van der Waals surface area contributed by atoms with Crippen LogP contribution >= 0.6 is 0 Å². The van der Waals surface area contributed by atoms with Crippen molar-refractivity contribution in [3.63, 3.8) is 0 Å². The van der Waals surface area contributed by atoms with Gasteiger partial charge in [0.15, 0.2) is 0 Å². The van der Waals surface area contributed by atoms with E-state index >= 15 is 0 Å². The Kier molecular flexibility index (Phi) is 5.22. The predicted molar refractivity (Wildman–Crippen MR) is 104 cm³/mol. The number of carbonyl (C=O) groups is 3. The summed E-state index contributed by atoms with van der Waals surface area (Å²) in [6.45, 7) is 1.49. The van der Waals surface area contributed by atoms with Crippen molar-refractivity contribution in [3.05, 3.63) is 45.8 Å². The van der Waals surface area contributed by atoms with Crippen molar-refractivity contribution in [3.8, 4) is 0 Å². The minimum atomic E-state index is -0.670. The van der Waals surface area contributed by atoms with Gasteiger partial charge >= 0.3 is 11.6 Å². The third-order valence-electron chi connectivity index (χ3n) is 5.91. The Balaban J connectivity index is 1.46. The fraction of sp³-hybridized carbons (Fsp3) is 0.455. The minimum Gasteiger partial charge on any atom is -0.459 e. The van der Waals surface area contributed by atoms with E-state index < -0.39 is 11.6 Å². The van der Waals surface area contributed by atoms with Gasteiger partial charge in [-0.3, -0.25) is 19.3 Å². The van der Waals surface area contributed by atoms with Gasteiger partial charge in [0.25, 0.3) is 0 Å². The first-order valence-corrected chi connectivity index (χ1v) is 10.0. The molecule has 1 aromatic carbocycles. The summed E-state index contributed by atoms with van der Waals surface area (Å²) in [5.74, 6) is -1.79. The average Bonchev–Trinajstić information content (AvgIpc) is 2.96. The highest BCUT2D eigenvalue weighted by atomic mass is 16.5. The van der Waals surface area contributed by atoms with Gasteiger partial charge in [0.1, 0.15) is 18.7 Å². The van der Waals surface area contributed by atoms with Gasteiger partial charge in [-0.05, 0) is 30.9 Å². The number of carbonyl (C=O) groups excluding carboxylic acids is 3. The molecular formula is C22H23NO6. The Morgan fingerprint density at radius 3 is 2.45 bits per heavy atom. The smallest absolute Gasteiger partial charge is 0.336 e. The van der Waals surface area contributed by atoms with E-state index in [1.54, 1.807) is 6.07 Å². The quantitative estimate of drug-likeness (QED) is 0.437. The zero-order valence-corrected chi connectivity index (χ0v) is 16.3. The number of hydrogen-bond donors (Lipinski definition) is 0. The summed E-state index contributed by atoms with van der Waals surface area (Å²) >= 11 is 0. The van der Waals surface area contributed by atoms with Gasteiger partial charge in [-0.15, -0.1) is 0 Å². The van der Waals surface area contributed by atoms with Crippen LogP contribution in [0.3, 0.4) is 0 Å². The third-order valence-corrected chi connectivity index (χ3v) is 5.91. The van der Waals surface area contributed by atoms with E-state index in [9.17, 15) is 19.2 Å². The molecular weight excluding hydrogens is 374 g/mol. The van der Waals surface area contributed by atoms with Crippen molar-refractivity contribution in [1.82, 2.24) is 4.90 Å². The van der Waals surface area contributed by atoms with Crippen molar-refractivity contribution >= 4 is 28.8 Å². The number of fused-ring (bicyclic) bond motifs is 2. The lowest BCUT2D eigenvalue weighted by Crippen LogP contribution is -2.36. The predicted octanol–water partition coefficient (Wildman–Crippen LogP) is 2.57. The highest BCUT2D eigenvalue weighted by Crippen LogP contribution is 2.37. The number of hydrogen-bond acceptors (Lipinski definition) is 6. The monoisotopic (exact) mass is 397 g/mol. The summed E-state index contributed by atoms with van der Waals surface area (Å²) < 4.78 is 10.5. The number of benzene rings is 1. The maximum absolute atomic E-state index is 12.5. The standard InChI is InChI=1S/C22H23NO6/c1-2-13-7-8-15-14(10-19(24)29-18(15)9-13)12-28-20(25)11-23-21(26)16-5-3-4-6-17(16)22(23)27/h7-10,16-17H,2-6,11-12H2,1H3/t16-,17+. The lowest BCUT2D eigenvalue weighted by atomic mass is 9.81. The van der Waals surface area contributed by atoms with Gasteiger partial charge in [0, 0.05) is 17.0 Å². The first-order chi connectivity index (χ1) is 14.0. The van der Waals surface area contributed by atoms with Crippen molar-refractivity contribution in [1.29, 1.82) is 0 Å². The van der Waals surface area contributed by atoms with Gasteiger partial charge in [-0.2, -0.15) is 0 Å². The van der Waals surface area contributed by atoms with Crippen molar-refractivity contribution in [2.24, 2.45) is 11.8 Å². The molecule has 2 aliphatic rings. The Labute approximate surface area is 167 Å². The minimum absolute atomic E-state index is 0.129. The molecule has 1 aromatic heterocycles. The largest absolute Gasteiger partial charge is 0.459 e. The molecule has 0 bridgehead atoms. The second kappa shape index (κ2) is 7.81. The first kappa shape index (κ1) is 19.4. The number of likely N-dealkylation sites (tertiary alicyclic amines) is 1. The number of imide groups is 1. The lowest BCUT2D eigenvalue weighted by Gasteiger charge is -2.19. The van der Waals surface area contributed by atoms with E-state index in [4.69, 9.17) is 9.15 Å². The van der Waals surface area contributed by atoms with Crippen LogP contribution in [0.4, 0.5) is 0 Å². The number of aryl methyl sites for hydroxylation is 1. The summed E-state index contributed by atoms with van der Waals surface area (Å²) in [6, 6.07) is 6.85. The molecule has 7 heteroatoms. The van der Waals surface area contributed by atoms with Gasteiger partial charge in [0.2, 0.25) is 11.8 Å². The van der Waals surface area contributed by atoms with Crippen LogP contribution in [0.1, 0.15) is 43.7 Å². The zero-order chi connectivity index (χ0) is 20.5. The Hall–Kier alpha value is -2.96. The van der Waals surface area contributed by atoms with E-state index in [0.29, 0.717) is 29.4 Å². The molecule has 4 rings (SSSR count). The fourth-order valence-electron chi connectivity index (χ4n) is 4.33. The molecule has 0 unspecified atom stereocenters. The van der Waals surface area contributed by atoms with Crippen molar-refractivity contribution < 1.29 is 23.5 Å². The summed E-state index contributed by atoms with van der Waals surface area (Å²) in [6.07, 6.45) is 4.07. The van der Waals surface area contributed by atoms with Crippen LogP contribution in [0.15, 0.2) is 33.5 Å². The van der Waals surface area contributed by atoms with Crippen LogP contribution in [0.5, 0.6) is 0 Å². The van der Waals surface area contributed by atoms with Crippen LogP contribution in [0.25, 0.3) is 11.0 Å². The summed E-state index contributed by atoms with van der Waals surface area (Å²) in [5, 5.41) is 0.689. The second-order valence-electron chi connectivity index (χ2n) is 7.70. The number of ether oxygens (including phenoxy) is 1. The van der Waals surface area contributed by atoms with Crippen LogP contribution in [-0.2, 0) is 32.1 Å². The molecule has 7 nitrogen and oxygen atoms in total. The molecule has 1 saturated heterocycles. The third kappa shape index (κ3) is 3.69. The molecule has 1 aliphatic carbocycles. The Bertz CT molecular complexity index is 1020. The summed E-state index contributed by atoms with van der Waals surface area (Å²) in [5.41, 5.74) is 1.48. The topological polar surface area (TPSA) is 93.9 Å². The van der Waals surface area contributed by atoms with Gasteiger partial charge in [-0.1, -0.05) is 31.9 Å². The molecule has 29 heavy (non-hydrogen) atoms. The fourth-order valence-corrected chi connectivity index (χ4v) is 4.33. The van der Waals surface area contributed by atoms with E-state index in [2.05, 4.69) is 0 Å². The van der Waals surface area contributed by atoms with E-state index in [1.165, 1.54) is 6.07 Å². The molecule has 0 radical (unpaired) electrons. The van der Waals surface area contributed by atoms with Crippen molar-refractivity contribution in [2.45, 2.75) is 45.6 Å². The molecule has 0 N–H and O–H groups in total.